The van der Waals surface area contributed by atoms with Crippen LogP contribution >= 0.6 is 0 Å². The molecule has 1 atom stereocenters. The van der Waals surface area contributed by atoms with Crippen molar-refractivity contribution in [3.8, 4) is 0 Å². The van der Waals surface area contributed by atoms with Crippen LogP contribution < -0.4 is 5.32 Å². The number of hydrogen-bond acceptors (Lipinski definition) is 6. The van der Waals surface area contributed by atoms with Gasteiger partial charge in [0.15, 0.2) is 0 Å². The highest BCUT2D eigenvalue weighted by molar-refractivity contribution is 5.99. The Morgan fingerprint density at radius 2 is 1.61 bits per heavy atom. The van der Waals surface area contributed by atoms with Crippen molar-refractivity contribution in [2.75, 3.05) is 6.54 Å². The average molecular weight is 462 g/mol. The van der Waals surface area contributed by atoms with Crippen LogP contribution in [0.15, 0.2) is 24.3 Å². The van der Waals surface area contributed by atoms with Gasteiger partial charge in [0.05, 0.1) is 6.54 Å². The molecule has 1 aliphatic rings. The first-order chi connectivity index (χ1) is 15.1. The third-order valence-corrected chi connectivity index (χ3v) is 4.63. The van der Waals surface area contributed by atoms with Crippen LogP contribution in [0.2, 0.25) is 0 Å². The standard InChI is InChI=1S/C24H35N3O6/c1-15(2)19(21(30)33-24(6,7)8)25-22(31)27(14-18(28)32-23(3,4)5)26-13-16-11-9-10-12-17(16)20(26)29/h9-12,15,19H,13-14H2,1-8H3,(H,25,31)/t19-/m0/s1. The molecule has 2 rings (SSSR count). The van der Waals surface area contributed by atoms with E-state index < -0.39 is 47.7 Å². The number of fused-ring (bicyclic) bond motifs is 1. The fourth-order valence-corrected chi connectivity index (χ4v) is 3.27. The lowest BCUT2D eigenvalue weighted by atomic mass is 10.0. The fourth-order valence-electron chi connectivity index (χ4n) is 3.27. The maximum absolute atomic E-state index is 13.3. The lowest BCUT2D eigenvalue weighted by molar-refractivity contribution is -0.158. The Morgan fingerprint density at radius 1 is 1.03 bits per heavy atom. The molecule has 0 saturated carbocycles. The van der Waals surface area contributed by atoms with Crippen molar-refractivity contribution in [1.82, 2.24) is 15.3 Å². The van der Waals surface area contributed by atoms with Gasteiger partial charge in [-0.3, -0.25) is 9.59 Å². The molecule has 9 heteroatoms. The first-order valence-corrected chi connectivity index (χ1v) is 11.0. The number of urea groups is 1. The summed E-state index contributed by atoms with van der Waals surface area (Å²) in [5, 5.41) is 4.83. The second kappa shape index (κ2) is 9.80. The summed E-state index contributed by atoms with van der Waals surface area (Å²) in [6, 6.07) is 5.23. The van der Waals surface area contributed by atoms with Gasteiger partial charge in [-0.05, 0) is 59.1 Å². The molecule has 182 valence electrons. The van der Waals surface area contributed by atoms with Crippen LogP contribution in [-0.2, 0) is 25.6 Å². The highest BCUT2D eigenvalue weighted by Gasteiger charge is 2.38. The van der Waals surface area contributed by atoms with E-state index in [9.17, 15) is 19.2 Å². The number of esters is 2. The Labute approximate surface area is 195 Å². The average Bonchev–Trinajstić information content (AvgIpc) is 2.97. The summed E-state index contributed by atoms with van der Waals surface area (Å²) in [5.41, 5.74) is -0.324. The lowest BCUT2D eigenvalue weighted by Gasteiger charge is -2.34. The number of nitrogens with one attached hydrogen (secondary N) is 1. The van der Waals surface area contributed by atoms with Crippen LogP contribution in [0.1, 0.15) is 71.3 Å². The van der Waals surface area contributed by atoms with Gasteiger partial charge in [0.1, 0.15) is 23.8 Å². The Balaban J connectivity index is 2.30. The second-order valence-corrected chi connectivity index (χ2v) is 10.4. The van der Waals surface area contributed by atoms with E-state index in [2.05, 4.69) is 5.32 Å². The van der Waals surface area contributed by atoms with E-state index in [0.29, 0.717) is 5.56 Å². The smallest absolute Gasteiger partial charge is 0.337 e. The second-order valence-electron chi connectivity index (χ2n) is 10.4. The molecule has 0 aromatic heterocycles. The van der Waals surface area contributed by atoms with E-state index in [4.69, 9.17) is 9.47 Å². The fraction of sp³-hybridized carbons (Fsp3) is 0.583. The number of hydrogen-bond donors (Lipinski definition) is 1. The molecule has 33 heavy (non-hydrogen) atoms. The summed E-state index contributed by atoms with van der Waals surface area (Å²) in [6.07, 6.45) is 0. The number of carbonyl (C=O) groups is 4. The van der Waals surface area contributed by atoms with Gasteiger partial charge in [0.25, 0.3) is 5.91 Å². The molecular formula is C24H35N3O6. The summed E-state index contributed by atoms with van der Waals surface area (Å²) < 4.78 is 10.8. The zero-order chi connectivity index (χ0) is 25.1. The number of amides is 3. The zero-order valence-corrected chi connectivity index (χ0v) is 20.7. The van der Waals surface area contributed by atoms with Crippen molar-refractivity contribution in [1.29, 1.82) is 0 Å². The van der Waals surface area contributed by atoms with Gasteiger partial charge in [0.2, 0.25) is 0 Å². The number of nitrogens with zero attached hydrogens (tertiary/aromatic N) is 2. The zero-order valence-electron chi connectivity index (χ0n) is 20.7. The first kappa shape index (κ1) is 26.2. The van der Waals surface area contributed by atoms with E-state index >= 15 is 0 Å². The van der Waals surface area contributed by atoms with Crippen LogP contribution in [0.4, 0.5) is 4.79 Å². The van der Waals surface area contributed by atoms with Crippen molar-refractivity contribution < 1.29 is 28.7 Å². The molecule has 0 spiro atoms. The lowest BCUT2D eigenvalue weighted by Crippen LogP contribution is -2.58. The first-order valence-electron chi connectivity index (χ1n) is 11.0. The predicted octanol–water partition coefficient (Wildman–Crippen LogP) is 3.28. The van der Waals surface area contributed by atoms with E-state index in [0.717, 1.165) is 10.6 Å². The van der Waals surface area contributed by atoms with Gasteiger partial charge < -0.3 is 14.8 Å². The molecule has 0 radical (unpaired) electrons. The molecule has 9 nitrogen and oxygen atoms in total. The van der Waals surface area contributed by atoms with Crippen LogP contribution in [0.5, 0.6) is 0 Å². The summed E-state index contributed by atoms with van der Waals surface area (Å²) in [6.45, 7) is 13.5. The summed E-state index contributed by atoms with van der Waals surface area (Å²) in [4.78, 5) is 51.6. The van der Waals surface area contributed by atoms with E-state index in [-0.39, 0.29) is 12.5 Å². The van der Waals surface area contributed by atoms with Crippen molar-refractivity contribution >= 4 is 23.9 Å². The number of hydrazine groups is 1. The largest absolute Gasteiger partial charge is 0.459 e. The van der Waals surface area contributed by atoms with Crippen LogP contribution in [-0.4, -0.2) is 57.7 Å². The van der Waals surface area contributed by atoms with Crippen molar-refractivity contribution in [3.63, 3.8) is 0 Å². The van der Waals surface area contributed by atoms with Crippen molar-refractivity contribution in [2.24, 2.45) is 5.92 Å². The maximum atomic E-state index is 13.3. The monoisotopic (exact) mass is 461 g/mol. The molecule has 1 aromatic rings. The number of rotatable bonds is 6. The minimum absolute atomic E-state index is 0.115. The quantitative estimate of drug-likeness (QED) is 0.652. The number of ether oxygens (including phenoxy) is 2. The molecular weight excluding hydrogens is 426 g/mol. The molecule has 0 unspecified atom stereocenters. The molecule has 1 N–H and O–H groups in total. The Morgan fingerprint density at radius 3 is 2.12 bits per heavy atom. The summed E-state index contributed by atoms with van der Waals surface area (Å²) in [5.74, 6) is -1.99. The molecule has 3 amide bonds. The van der Waals surface area contributed by atoms with Gasteiger partial charge in [0, 0.05) is 5.56 Å². The molecule has 0 fully saturated rings. The van der Waals surface area contributed by atoms with Gasteiger partial charge in [-0.15, -0.1) is 0 Å². The predicted molar refractivity (Wildman–Crippen MR) is 122 cm³/mol. The summed E-state index contributed by atoms with van der Waals surface area (Å²) >= 11 is 0. The van der Waals surface area contributed by atoms with Crippen LogP contribution in [0.3, 0.4) is 0 Å². The Kier molecular flexibility index (Phi) is 7.77. The topological polar surface area (TPSA) is 105 Å². The minimum Gasteiger partial charge on any atom is -0.459 e. The van der Waals surface area contributed by atoms with Crippen LogP contribution in [0, 0.1) is 5.92 Å². The van der Waals surface area contributed by atoms with Gasteiger partial charge in [-0.2, -0.15) is 0 Å². The van der Waals surface area contributed by atoms with Gasteiger partial charge in [-0.1, -0.05) is 32.0 Å². The highest BCUT2D eigenvalue weighted by atomic mass is 16.6. The SMILES string of the molecule is CC(C)[C@H](NC(=O)N(CC(=O)OC(C)(C)C)N1Cc2ccccc2C1=O)C(=O)OC(C)(C)C. The Hall–Kier alpha value is -3.10. The van der Waals surface area contributed by atoms with Crippen LogP contribution in [0.25, 0.3) is 0 Å². The third kappa shape index (κ3) is 7.20. The molecule has 0 bridgehead atoms. The molecule has 1 aliphatic heterocycles. The number of benzene rings is 1. The third-order valence-electron chi connectivity index (χ3n) is 4.63. The minimum atomic E-state index is -0.974. The highest BCUT2D eigenvalue weighted by Crippen LogP contribution is 2.24. The summed E-state index contributed by atoms with van der Waals surface area (Å²) in [7, 11) is 0. The van der Waals surface area contributed by atoms with Crippen molar-refractivity contribution in [2.45, 2.75) is 79.2 Å². The molecule has 0 saturated heterocycles. The van der Waals surface area contributed by atoms with Gasteiger partial charge >= 0.3 is 18.0 Å². The van der Waals surface area contributed by atoms with E-state index in [1.54, 1.807) is 79.7 Å². The normalized spacial score (nSPS) is 14.6. The van der Waals surface area contributed by atoms with Gasteiger partial charge in [-0.25, -0.2) is 19.6 Å². The molecule has 1 heterocycles. The number of carbonyl (C=O) groups excluding carboxylic acids is 4. The molecule has 0 aliphatic carbocycles. The maximum Gasteiger partial charge on any atom is 0.337 e. The Bertz CT molecular complexity index is 914. The van der Waals surface area contributed by atoms with E-state index in [1.165, 1.54) is 5.01 Å². The molecule has 1 aromatic carbocycles. The van der Waals surface area contributed by atoms with E-state index in [1.807, 2.05) is 0 Å². The van der Waals surface area contributed by atoms with Crippen molar-refractivity contribution in [3.05, 3.63) is 35.4 Å².